The van der Waals surface area contributed by atoms with Crippen LogP contribution in [0.1, 0.15) is 37.7 Å². The summed E-state index contributed by atoms with van der Waals surface area (Å²) >= 11 is 0. The SMILES string of the molecule is C=C(Nc1cncc(-c2cc3c(-c4cc5c(-c6cc(F)cc(CNS(=C)(=C)C)c6)nccc5[nH]4)n[nH]c3cn2)c1)C1CCCCC1. The average Bonchev–Trinajstić information content (AvgIpc) is 3.68. The molecule has 0 saturated heterocycles. The van der Waals surface area contributed by atoms with Crippen LogP contribution in [-0.2, 0) is 6.54 Å². The summed E-state index contributed by atoms with van der Waals surface area (Å²) in [6.45, 7) is 4.79. The molecular formula is C36H37FN8S. The van der Waals surface area contributed by atoms with Gasteiger partial charge in [-0.05, 0) is 73.0 Å². The topological polar surface area (TPSA) is 107 Å². The first-order valence-electron chi connectivity index (χ1n) is 15.4. The van der Waals surface area contributed by atoms with Gasteiger partial charge in [-0.2, -0.15) is 14.5 Å². The van der Waals surface area contributed by atoms with Crippen molar-refractivity contribution < 1.29 is 4.39 Å². The van der Waals surface area contributed by atoms with Gasteiger partial charge in [-0.1, -0.05) is 37.6 Å². The third-order valence-corrected chi connectivity index (χ3v) is 9.38. The number of hydrogen-bond donors (Lipinski definition) is 4. The van der Waals surface area contributed by atoms with E-state index in [9.17, 15) is 4.39 Å². The number of hydrogen-bond acceptors (Lipinski definition) is 6. The largest absolute Gasteiger partial charge is 0.358 e. The Morgan fingerprint density at radius 1 is 0.935 bits per heavy atom. The summed E-state index contributed by atoms with van der Waals surface area (Å²) in [4.78, 5) is 17.4. The molecule has 4 N–H and O–H groups in total. The van der Waals surface area contributed by atoms with Crippen LogP contribution in [0.15, 0.2) is 79.5 Å². The standard InChI is InChI=1S/C36H37FN8S/c1-22(24-8-6-5-7-9-24)42-28-15-26(19-38-20-28)32-16-30-34(21-40-32)44-45-36(30)33-17-29-31(43-33)10-11-39-35(29)25-12-23(13-27(37)14-25)18-41-46(2,3)4/h10-17,19-21,24,41-43H,1-3,5-9,18H2,4H3,(H,44,45). The van der Waals surface area contributed by atoms with E-state index in [0.29, 0.717) is 23.7 Å². The van der Waals surface area contributed by atoms with E-state index in [0.717, 1.165) is 61.4 Å². The van der Waals surface area contributed by atoms with Crippen molar-refractivity contribution in [2.75, 3.05) is 11.6 Å². The number of nitrogens with one attached hydrogen (secondary N) is 4. The van der Waals surface area contributed by atoms with Gasteiger partial charge in [0.25, 0.3) is 0 Å². The van der Waals surface area contributed by atoms with Crippen LogP contribution in [-0.4, -0.2) is 48.1 Å². The van der Waals surface area contributed by atoms with Gasteiger partial charge in [-0.15, -0.1) is 0 Å². The number of rotatable bonds is 9. The zero-order valence-corrected chi connectivity index (χ0v) is 26.7. The van der Waals surface area contributed by atoms with E-state index in [1.54, 1.807) is 12.4 Å². The van der Waals surface area contributed by atoms with Gasteiger partial charge < -0.3 is 10.3 Å². The Morgan fingerprint density at radius 2 is 1.76 bits per heavy atom. The molecule has 5 aromatic heterocycles. The molecule has 1 aliphatic rings. The molecular weight excluding hydrogens is 596 g/mol. The maximum Gasteiger partial charge on any atom is 0.124 e. The molecule has 0 amide bonds. The molecule has 5 heterocycles. The van der Waals surface area contributed by atoms with Crippen molar-refractivity contribution in [2.45, 2.75) is 38.6 Å². The smallest absolute Gasteiger partial charge is 0.124 e. The molecule has 1 saturated carbocycles. The molecule has 234 valence electrons. The quantitative estimate of drug-likeness (QED) is 0.120. The first-order chi connectivity index (χ1) is 22.2. The van der Waals surface area contributed by atoms with Gasteiger partial charge in [0.1, 0.15) is 11.5 Å². The predicted octanol–water partition coefficient (Wildman–Crippen LogP) is 8.18. The fourth-order valence-corrected chi connectivity index (χ4v) is 6.74. The number of nitrogens with zero attached hydrogens (tertiary/aromatic N) is 4. The van der Waals surface area contributed by atoms with Crippen molar-refractivity contribution in [1.82, 2.24) is 34.9 Å². The number of allylic oxidation sites excluding steroid dienone is 1. The van der Waals surface area contributed by atoms with Gasteiger partial charge in [0, 0.05) is 52.1 Å². The highest BCUT2D eigenvalue weighted by Crippen LogP contribution is 2.35. The molecule has 0 bridgehead atoms. The minimum atomic E-state index is -1.44. The number of aromatic amines is 2. The van der Waals surface area contributed by atoms with Crippen molar-refractivity contribution in [1.29, 1.82) is 0 Å². The van der Waals surface area contributed by atoms with Gasteiger partial charge >= 0.3 is 0 Å². The third kappa shape index (κ3) is 6.31. The fourth-order valence-electron chi connectivity index (χ4n) is 6.22. The summed E-state index contributed by atoms with van der Waals surface area (Å²) in [6, 6.07) is 13.0. The van der Waals surface area contributed by atoms with E-state index in [1.165, 1.54) is 44.2 Å². The normalized spacial score (nSPS) is 14.2. The molecule has 46 heavy (non-hydrogen) atoms. The average molecular weight is 633 g/mol. The predicted molar refractivity (Wildman–Crippen MR) is 192 cm³/mol. The van der Waals surface area contributed by atoms with Crippen molar-refractivity contribution in [2.24, 2.45) is 5.92 Å². The van der Waals surface area contributed by atoms with Crippen LogP contribution in [0.2, 0.25) is 0 Å². The summed E-state index contributed by atoms with van der Waals surface area (Å²) in [5, 5.41) is 13.1. The first-order valence-corrected chi connectivity index (χ1v) is 17.8. The number of H-pyrrole nitrogens is 2. The number of pyridine rings is 3. The Bertz CT molecular complexity index is 2190. The van der Waals surface area contributed by atoms with E-state index in [1.807, 2.05) is 42.9 Å². The van der Waals surface area contributed by atoms with Crippen molar-refractivity contribution in [3.8, 4) is 33.9 Å². The Morgan fingerprint density at radius 3 is 2.59 bits per heavy atom. The Kier molecular flexibility index (Phi) is 7.92. The van der Waals surface area contributed by atoms with E-state index in [2.05, 4.69) is 59.6 Å². The van der Waals surface area contributed by atoms with Crippen LogP contribution in [0, 0.1) is 11.7 Å². The second kappa shape index (κ2) is 12.2. The van der Waals surface area contributed by atoms with Crippen LogP contribution >= 0.6 is 9.39 Å². The van der Waals surface area contributed by atoms with Crippen LogP contribution in [0.3, 0.4) is 0 Å². The zero-order valence-electron chi connectivity index (χ0n) is 25.9. The van der Waals surface area contributed by atoms with E-state index in [-0.39, 0.29) is 5.82 Å². The highest BCUT2D eigenvalue weighted by atomic mass is 32.2. The maximum absolute atomic E-state index is 14.8. The second-order valence-corrected chi connectivity index (χ2v) is 15.2. The molecule has 0 spiro atoms. The van der Waals surface area contributed by atoms with Gasteiger partial charge in [0.15, 0.2) is 0 Å². The number of aromatic nitrogens is 6. The third-order valence-electron chi connectivity index (χ3n) is 8.54. The Labute approximate surface area is 268 Å². The lowest BCUT2D eigenvalue weighted by molar-refractivity contribution is 0.405. The molecule has 7 rings (SSSR count). The summed E-state index contributed by atoms with van der Waals surface area (Å²) in [5.74, 6) is 8.30. The Balaban J connectivity index is 1.21. The summed E-state index contributed by atoms with van der Waals surface area (Å²) in [6.07, 6.45) is 15.3. The van der Waals surface area contributed by atoms with Crippen LogP contribution in [0.4, 0.5) is 10.1 Å². The summed E-state index contributed by atoms with van der Waals surface area (Å²) < 4.78 is 18.1. The van der Waals surface area contributed by atoms with Crippen LogP contribution in [0.5, 0.6) is 0 Å². The summed E-state index contributed by atoms with van der Waals surface area (Å²) in [7, 11) is -1.44. The molecule has 0 atom stereocenters. The minimum Gasteiger partial charge on any atom is -0.358 e. The first kappa shape index (κ1) is 29.9. The second-order valence-electron chi connectivity index (χ2n) is 12.4. The number of halogens is 1. The molecule has 0 radical (unpaired) electrons. The highest BCUT2D eigenvalue weighted by Gasteiger charge is 2.18. The maximum atomic E-state index is 14.8. The lowest BCUT2D eigenvalue weighted by Gasteiger charge is -2.24. The number of fused-ring (bicyclic) bond motifs is 2. The van der Waals surface area contributed by atoms with Gasteiger partial charge in [0.05, 0.1) is 40.7 Å². The molecule has 6 aromatic rings. The van der Waals surface area contributed by atoms with E-state index in [4.69, 9.17) is 4.98 Å². The molecule has 1 aliphatic carbocycles. The lowest BCUT2D eigenvalue weighted by Crippen LogP contribution is -2.14. The number of anilines is 1. The molecule has 0 aliphatic heterocycles. The summed E-state index contributed by atoms with van der Waals surface area (Å²) in [5.41, 5.74) is 9.10. The Hall–Kier alpha value is -4.80. The molecule has 1 fully saturated rings. The molecule has 8 nitrogen and oxygen atoms in total. The molecule has 10 heteroatoms. The van der Waals surface area contributed by atoms with Gasteiger partial charge in [-0.25, -0.2) is 4.39 Å². The lowest BCUT2D eigenvalue weighted by atomic mass is 9.87. The van der Waals surface area contributed by atoms with Crippen molar-refractivity contribution in [3.63, 3.8) is 0 Å². The monoisotopic (exact) mass is 632 g/mol. The zero-order chi connectivity index (χ0) is 31.8. The van der Waals surface area contributed by atoms with Gasteiger partial charge in [-0.3, -0.25) is 24.8 Å². The highest BCUT2D eigenvalue weighted by molar-refractivity contribution is 8.25. The number of benzene rings is 1. The van der Waals surface area contributed by atoms with Crippen LogP contribution in [0.25, 0.3) is 55.7 Å². The minimum absolute atomic E-state index is 0.320. The molecule has 1 aromatic carbocycles. The van der Waals surface area contributed by atoms with Gasteiger partial charge in [0.2, 0.25) is 0 Å². The van der Waals surface area contributed by atoms with Crippen molar-refractivity contribution in [3.05, 3.63) is 90.9 Å². The molecule has 0 unspecified atom stereocenters. The van der Waals surface area contributed by atoms with Crippen molar-refractivity contribution >= 4 is 48.6 Å². The van der Waals surface area contributed by atoms with E-state index < -0.39 is 9.39 Å². The van der Waals surface area contributed by atoms with Crippen LogP contribution < -0.4 is 10.0 Å². The van der Waals surface area contributed by atoms with E-state index >= 15 is 0 Å². The fraction of sp³-hybridized carbons (Fsp3) is 0.222.